The van der Waals surface area contributed by atoms with Gasteiger partial charge in [0.2, 0.25) is 0 Å². The molecule has 0 bridgehead atoms. The highest BCUT2D eigenvalue weighted by Gasteiger charge is 2.09. The number of hydrogen-bond acceptors (Lipinski definition) is 1. The summed E-state index contributed by atoms with van der Waals surface area (Å²) in [7, 11) is 0. The third-order valence-electron chi connectivity index (χ3n) is 2.89. The molecule has 1 nitrogen and oxygen atoms in total. The first-order valence-corrected chi connectivity index (χ1v) is 5.95. The predicted molar refractivity (Wildman–Crippen MR) is 70.2 cm³/mol. The van der Waals surface area contributed by atoms with Crippen molar-refractivity contribution in [2.45, 2.75) is 19.8 Å². The van der Waals surface area contributed by atoms with Crippen molar-refractivity contribution < 1.29 is 8.78 Å². The summed E-state index contributed by atoms with van der Waals surface area (Å²) in [5.41, 5.74) is 7.24. The summed E-state index contributed by atoms with van der Waals surface area (Å²) in [6.07, 6.45) is 2.04. The van der Waals surface area contributed by atoms with Crippen molar-refractivity contribution in [3.8, 4) is 11.1 Å². The van der Waals surface area contributed by atoms with Gasteiger partial charge in [-0.15, -0.1) is 0 Å². The van der Waals surface area contributed by atoms with Gasteiger partial charge < -0.3 is 5.73 Å². The standard InChI is InChI=1S/C15H15F2N/c1-2-3-10-4-6-11(7-5-10)12-8-14(17)15(18)9-13(12)16/h4-9H,2-3,18H2,1H3. The highest BCUT2D eigenvalue weighted by Crippen LogP contribution is 2.27. The van der Waals surface area contributed by atoms with Crippen molar-refractivity contribution >= 4 is 5.69 Å². The summed E-state index contributed by atoms with van der Waals surface area (Å²) in [4.78, 5) is 0. The van der Waals surface area contributed by atoms with Crippen molar-refractivity contribution in [3.63, 3.8) is 0 Å². The summed E-state index contributed by atoms with van der Waals surface area (Å²) < 4.78 is 27.1. The lowest BCUT2D eigenvalue weighted by molar-refractivity contribution is 0.607. The monoisotopic (exact) mass is 247 g/mol. The topological polar surface area (TPSA) is 26.0 Å². The Labute approximate surface area is 105 Å². The van der Waals surface area contributed by atoms with Crippen LogP contribution in [0.25, 0.3) is 11.1 Å². The van der Waals surface area contributed by atoms with Gasteiger partial charge in [0, 0.05) is 11.6 Å². The maximum atomic E-state index is 13.7. The lowest BCUT2D eigenvalue weighted by Gasteiger charge is -2.07. The zero-order valence-electron chi connectivity index (χ0n) is 10.2. The molecule has 0 spiro atoms. The molecule has 0 radical (unpaired) electrons. The van der Waals surface area contributed by atoms with E-state index in [-0.39, 0.29) is 11.3 Å². The van der Waals surface area contributed by atoms with Gasteiger partial charge >= 0.3 is 0 Å². The first-order valence-electron chi connectivity index (χ1n) is 5.95. The molecule has 2 aromatic rings. The van der Waals surface area contributed by atoms with Crippen LogP contribution in [0.3, 0.4) is 0 Å². The van der Waals surface area contributed by atoms with E-state index in [0.29, 0.717) is 5.56 Å². The van der Waals surface area contributed by atoms with Crippen LogP contribution >= 0.6 is 0 Å². The van der Waals surface area contributed by atoms with Crippen LogP contribution < -0.4 is 5.73 Å². The molecular weight excluding hydrogens is 232 g/mol. The Morgan fingerprint density at radius 1 is 1.00 bits per heavy atom. The summed E-state index contributed by atoms with van der Waals surface area (Å²) >= 11 is 0. The quantitative estimate of drug-likeness (QED) is 0.809. The molecule has 0 aliphatic heterocycles. The molecule has 2 aromatic carbocycles. The van der Waals surface area contributed by atoms with Gasteiger partial charge in [-0.1, -0.05) is 37.6 Å². The first-order chi connectivity index (χ1) is 8.61. The average molecular weight is 247 g/mol. The van der Waals surface area contributed by atoms with Gasteiger partial charge in [0.1, 0.15) is 11.6 Å². The molecule has 0 atom stereocenters. The second-order valence-electron chi connectivity index (χ2n) is 4.30. The molecule has 0 unspecified atom stereocenters. The molecule has 18 heavy (non-hydrogen) atoms. The van der Waals surface area contributed by atoms with E-state index in [4.69, 9.17) is 5.73 Å². The highest BCUT2D eigenvalue weighted by atomic mass is 19.1. The number of nitrogen functional groups attached to an aromatic ring is 1. The number of hydrogen-bond donors (Lipinski definition) is 1. The molecule has 0 aliphatic carbocycles. The van der Waals surface area contributed by atoms with Gasteiger partial charge in [-0.3, -0.25) is 0 Å². The van der Waals surface area contributed by atoms with Crippen molar-refractivity contribution in [1.29, 1.82) is 0 Å². The molecule has 0 amide bonds. The Kier molecular flexibility index (Phi) is 3.60. The Morgan fingerprint density at radius 3 is 2.28 bits per heavy atom. The third-order valence-corrected chi connectivity index (χ3v) is 2.89. The van der Waals surface area contributed by atoms with Crippen LogP contribution in [0.15, 0.2) is 36.4 Å². The number of nitrogens with two attached hydrogens (primary N) is 1. The molecule has 0 saturated heterocycles. The second-order valence-corrected chi connectivity index (χ2v) is 4.30. The maximum Gasteiger partial charge on any atom is 0.146 e. The van der Waals surface area contributed by atoms with Crippen LogP contribution in [0.1, 0.15) is 18.9 Å². The van der Waals surface area contributed by atoms with Gasteiger partial charge in [0.05, 0.1) is 5.69 Å². The van der Waals surface area contributed by atoms with E-state index in [1.54, 1.807) is 12.1 Å². The van der Waals surface area contributed by atoms with Gasteiger partial charge in [-0.05, 0) is 23.6 Å². The van der Waals surface area contributed by atoms with Gasteiger partial charge in [-0.25, -0.2) is 8.78 Å². The molecule has 0 heterocycles. The third kappa shape index (κ3) is 2.50. The van der Waals surface area contributed by atoms with E-state index in [0.717, 1.165) is 25.0 Å². The zero-order valence-corrected chi connectivity index (χ0v) is 10.2. The summed E-state index contributed by atoms with van der Waals surface area (Å²) in [5.74, 6) is -1.10. The minimum absolute atomic E-state index is 0.168. The lowest BCUT2D eigenvalue weighted by atomic mass is 10.0. The number of rotatable bonds is 3. The van der Waals surface area contributed by atoms with E-state index in [2.05, 4.69) is 6.92 Å². The van der Waals surface area contributed by atoms with E-state index in [1.807, 2.05) is 12.1 Å². The Hall–Kier alpha value is -1.90. The van der Waals surface area contributed by atoms with Gasteiger partial charge in [0.25, 0.3) is 0 Å². The van der Waals surface area contributed by atoms with Crippen LogP contribution in [0.2, 0.25) is 0 Å². The van der Waals surface area contributed by atoms with E-state index >= 15 is 0 Å². The van der Waals surface area contributed by atoms with Gasteiger partial charge in [0.15, 0.2) is 0 Å². The average Bonchev–Trinajstić information content (AvgIpc) is 2.35. The van der Waals surface area contributed by atoms with E-state index in [1.165, 1.54) is 5.56 Å². The van der Waals surface area contributed by atoms with Crippen molar-refractivity contribution in [2.24, 2.45) is 0 Å². The summed E-state index contributed by atoms with van der Waals surface area (Å²) in [6.45, 7) is 2.10. The van der Waals surface area contributed by atoms with Crippen molar-refractivity contribution in [1.82, 2.24) is 0 Å². The molecule has 0 saturated carbocycles. The Balaban J connectivity index is 2.39. The largest absolute Gasteiger partial charge is 0.396 e. The molecule has 0 aromatic heterocycles. The number of aryl methyl sites for hydroxylation is 1. The molecule has 0 aliphatic rings. The SMILES string of the molecule is CCCc1ccc(-c2cc(F)c(N)cc2F)cc1. The fourth-order valence-electron chi connectivity index (χ4n) is 1.92. The summed E-state index contributed by atoms with van der Waals surface area (Å²) in [6, 6.07) is 9.64. The fourth-order valence-corrected chi connectivity index (χ4v) is 1.92. The number of anilines is 1. The van der Waals surface area contributed by atoms with Crippen LogP contribution in [0.5, 0.6) is 0 Å². The number of benzene rings is 2. The van der Waals surface area contributed by atoms with Gasteiger partial charge in [-0.2, -0.15) is 0 Å². The van der Waals surface area contributed by atoms with E-state index in [9.17, 15) is 8.78 Å². The molecule has 0 fully saturated rings. The zero-order chi connectivity index (χ0) is 13.1. The summed E-state index contributed by atoms with van der Waals surface area (Å²) in [5, 5.41) is 0. The Bertz CT molecular complexity index is 547. The van der Waals surface area contributed by atoms with Crippen LogP contribution in [0, 0.1) is 11.6 Å². The van der Waals surface area contributed by atoms with Crippen LogP contribution in [-0.2, 0) is 6.42 Å². The lowest BCUT2D eigenvalue weighted by Crippen LogP contribution is -1.94. The molecular formula is C15H15F2N. The van der Waals surface area contributed by atoms with Crippen molar-refractivity contribution in [2.75, 3.05) is 5.73 Å². The maximum absolute atomic E-state index is 13.7. The highest BCUT2D eigenvalue weighted by molar-refractivity contribution is 5.67. The minimum Gasteiger partial charge on any atom is -0.396 e. The first kappa shape index (κ1) is 12.6. The Morgan fingerprint density at radius 2 is 1.67 bits per heavy atom. The van der Waals surface area contributed by atoms with Crippen LogP contribution in [-0.4, -0.2) is 0 Å². The second kappa shape index (κ2) is 5.17. The number of halogens is 2. The molecule has 2 N–H and O–H groups in total. The fraction of sp³-hybridized carbons (Fsp3) is 0.200. The van der Waals surface area contributed by atoms with Crippen molar-refractivity contribution in [3.05, 3.63) is 53.6 Å². The molecule has 2 rings (SSSR count). The normalized spacial score (nSPS) is 10.6. The molecule has 94 valence electrons. The molecule has 3 heteroatoms. The predicted octanol–water partition coefficient (Wildman–Crippen LogP) is 4.17. The minimum atomic E-state index is -0.593. The van der Waals surface area contributed by atoms with Crippen LogP contribution in [0.4, 0.5) is 14.5 Å². The van der Waals surface area contributed by atoms with E-state index < -0.39 is 11.6 Å². The smallest absolute Gasteiger partial charge is 0.146 e.